The standard InChI is InChI=1S/C20H24N6O2/c1-13(26-12-21-22-23-26)19(27)24-10-18-8-7-17(24)11-25(18)20(28)16-4-2-3-15(9-16)14-5-6-14/h2-4,9,12-14,17-18H,5-8,10-11H2,1H3/t13-,17?,18?/m0/s1. The van der Waals surface area contributed by atoms with Gasteiger partial charge in [-0.2, -0.15) is 0 Å². The minimum Gasteiger partial charge on any atom is -0.334 e. The minimum atomic E-state index is -0.436. The lowest BCUT2D eigenvalue weighted by Crippen LogP contribution is -2.65. The van der Waals surface area contributed by atoms with Gasteiger partial charge in [0.1, 0.15) is 12.4 Å². The summed E-state index contributed by atoms with van der Waals surface area (Å²) in [6.07, 6.45) is 5.80. The number of rotatable bonds is 4. The zero-order chi connectivity index (χ0) is 19.3. The third-order valence-electron chi connectivity index (χ3n) is 6.37. The molecule has 28 heavy (non-hydrogen) atoms. The Balaban J connectivity index is 1.31. The zero-order valence-electron chi connectivity index (χ0n) is 15.9. The molecule has 3 saturated heterocycles. The van der Waals surface area contributed by atoms with Crippen LogP contribution in [0, 0.1) is 0 Å². The van der Waals surface area contributed by atoms with E-state index < -0.39 is 6.04 Å². The average molecular weight is 380 g/mol. The Morgan fingerprint density at radius 2 is 1.82 bits per heavy atom. The summed E-state index contributed by atoms with van der Waals surface area (Å²) < 4.78 is 1.48. The molecular weight excluding hydrogens is 356 g/mol. The van der Waals surface area contributed by atoms with Crippen molar-refractivity contribution in [3.63, 3.8) is 0 Å². The molecule has 6 rings (SSSR count). The van der Waals surface area contributed by atoms with Gasteiger partial charge in [0, 0.05) is 30.7 Å². The van der Waals surface area contributed by atoms with Crippen molar-refractivity contribution in [2.24, 2.45) is 0 Å². The Morgan fingerprint density at radius 3 is 2.46 bits per heavy atom. The number of amides is 2. The topological polar surface area (TPSA) is 84.2 Å². The number of piperazine rings is 1. The summed E-state index contributed by atoms with van der Waals surface area (Å²) >= 11 is 0. The normalized spacial score (nSPS) is 25.0. The van der Waals surface area contributed by atoms with E-state index in [-0.39, 0.29) is 23.9 Å². The van der Waals surface area contributed by atoms with Crippen LogP contribution in [0.5, 0.6) is 0 Å². The van der Waals surface area contributed by atoms with Gasteiger partial charge in [0.05, 0.1) is 0 Å². The molecule has 4 fully saturated rings. The first-order valence-electron chi connectivity index (χ1n) is 10.1. The smallest absolute Gasteiger partial charge is 0.254 e. The van der Waals surface area contributed by atoms with E-state index in [9.17, 15) is 9.59 Å². The van der Waals surface area contributed by atoms with Crippen LogP contribution in [0.3, 0.4) is 0 Å². The SMILES string of the molecule is C[C@@H](C(=O)N1CC2CCC1CN2C(=O)c1cccc(C2CC2)c1)n1cnnn1. The molecule has 8 heteroatoms. The lowest BCUT2D eigenvalue weighted by Gasteiger charge is -2.51. The van der Waals surface area contributed by atoms with E-state index in [4.69, 9.17) is 0 Å². The second kappa shape index (κ2) is 6.68. The highest BCUT2D eigenvalue weighted by Gasteiger charge is 2.44. The highest BCUT2D eigenvalue weighted by atomic mass is 16.2. The fraction of sp³-hybridized carbons (Fsp3) is 0.550. The first-order valence-corrected chi connectivity index (χ1v) is 10.1. The Bertz CT molecular complexity index is 894. The number of hydrogen-bond donors (Lipinski definition) is 0. The fourth-order valence-electron chi connectivity index (χ4n) is 4.55. The van der Waals surface area contributed by atoms with Crippen LogP contribution < -0.4 is 0 Å². The molecule has 3 atom stereocenters. The Labute approximate surface area is 163 Å². The number of nitrogens with zero attached hydrogens (tertiary/aromatic N) is 6. The first kappa shape index (κ1) is 17.3. The van der Waals surface area contributed by atoms with Gasteiger partial charge in [-0.15, -0.1) is 5.10 Å². The Hall–Kier alpha value is -2.77. The van der Waals surface area contributed by atoms with Crippen molar-refractivity contribution in [1.29, 1.82) is 0 Å². The molecule has 1 aromatic carbocycles. The number of carbonyl (C=O) groups is 2. The van der Waals surface area contributed by atoms with Gasteiger partial charge in [0.2, 0.25) is 5.91 Å². The maximum Gasteiger partial charge on any atom is 0.254 e. The van der Waals surface area contributed by atoms with Gasteiger partial charge in [-0.25, -0.2) is 4.68 Å². The summed E-state index contributed by atoms with van der Waals surface area (Å²) in [6, 6.07) is 7.79. The van der Waals surface area contributed by atoms with E-state index >= 15 is 0 Å². The van der Waals surface area contributed by atoms with E-state index in [2.05, 4.69) is 27.7 Å². The van der Waals surface area contributed by atoms with Gasteiger partial charge in [-0.05, 0) is 66.6 Å². The number of fused-ring (bicyclic) bond motifs is 3. The highest BCUT2D eigenvalue weighted by molar-refractivity contribution is 5.95. The van der Waals surface area contributed by atoms with E-state index in [1.807, 2.05) is 28.9 Å². The third-order valence-corrected chi connectivity index (χ3v) is 6.37. The second-order valence-electron chi connectivity index (χ2n) is 8.20. The Kier molecular flexibility index (Phi) is 4.14. The van der Waals surface area contributed by atoms with Crippen molar-refractivity contribution in [1.82, 2.24) is 30.0 Å². The molecular formula is C20H24N6O2. The van der Waals surface area contributed by atoms with Crippen LogP contribution in [0.25, 0.3) is 0 Å². The minimum absolute atomic E-state index is 0.0184. The van der Waals surface area contributed by atoms with Gasteiger partial charge in [0.25, 0.3) is 5.91 Å². The van der Waals surface area contributed by atoms with Crippen molar-refractivity contribution in [2.75, 3.05) is 13.1 Å². The number of tetrazole rings is 1. The molecule has 0 radical (unpaired) electrons. The van der Waals surface area contributed by atoms with Crippen molar-refractivity contribution < 1.29 is 9.59 Å². The van der Waals surface area contributed by atoms with Crippen LogP contribution in [-0.2, 0) is 4.79 Å². The fourth-order valence-corrected chi connectivity index (χ4v) is 4.55. The Morgan fingerprint density at radius 1 is 1.07 bits per heavy atom. The van der Waals surface area contributed by atoms with Gasteiger partial charge in [-0.3, -0.25) is 9.59 Å². The molecule has 1 aliphatic carbocycles. The summed E-state index contributed by atoms with van der Waals surface area (Å²) in [4.78, 5) is 30.0. The molecule has 1 saturated carbocycles. The van der Waals surface area contributed by atoms with E-state index in [1.54, 1.807) is 0 Å². The molecule has 4 aliphatic rings. The molecule has 2 bridgehead atoms. The number of piperidine rings is 2. The second-order valence-corrected chi connectivity index (χ2v) is 8.20. The number of hydrogen-bond acceptors (Lipinski definition) is 5. The summed E-state index contributed by atoms with van der Waals surface area (Å²) in [5.41, 5.74) is 2.05. The lowest BCUT2D eigenvalue weighted by molar-refractivity contribution is -0.144. The van der Waals surface area contributed by atoms with E-state index in [0.29, 0.717) is 19.0 Å². The van der Waals surface area contributed by atoms with Crippen LogP contribution in [-0.4, -0.2) is 67.0 Å². The maximum atomic E-state index is 13.2. The monoisotopic (exact) mass is 380 g/mol. The molecule has 2 aromatic rings. The van der Waals surface area contributed by atoms with Crippen LogP contribution in [0.2, 0.25) is 0 Å². The first-order chi connectivity index (χ1) is 13.6. The molecule has 0 spiro atoms. The molecule has 8 nitrogen and oxygen atoms in total. The van der Waals surface area contributed by atoms with Crippen molar-refractivity contribution in [3.8, 4) is 0 Å². The summed E-state index contributed by atoms with van der Waals surface area (Å²) in [7, 11) is 0. The van der Waals surface area contributed by atoms with Crippen molar-refractivity contribution in [3.05, 3.63) is 41.7 Å². The predicted octanol–water partition coefficient (Wildman–Crippen LogP) is 1.63. The molecule has 2 unspecified atom stereocenters. The van der Waals surface area contributed by atoms with Crippen LogP contribution in [0.1, 0.15) is 60.5 Å². The third kappa shape index (κ3) is 2.96. The van der Waals surface area contributed by atoms with E-state index in [0.717, 1.165) is 18.4 Å². The lowest BCUT2D eigenvalue weighted by atomic mass is 9.89. The van der Waals surface area contributed by atoms with Gasteiger partial charge < -0.3 is 9.80 Å². The van der Waals surface area contributed by atoms with Crippen LogP contribution in [0.4, 0.5) is 0 Å². The molecule has 2 amide bonds. The molecule has 4 heterocycles. The average Bonchev–Trinajstić information content (AvgIpc) is 3.46. The van der Waals surface area contributed by atoms with E-state index in [1.165, 1.54) is 29.4 Å². The quantitative estimate of drug-likeness (QED) is 0.805. The molecule has 146 valence electrons. The van der Waals surface area contributed by atoms with Crippen LogP contribution in [0.15, 0.2) is 30.6 Å². The van der Waals surface area contributed by atoms with Gasteiger partial charge in [-0.1, -0.05) is 12.1 Å². The van der Waals surface area contributed by atoms with Gasteiger partial charge >= 0.3 is 0 Å². The largest absolute Gasteiger partial charge is 0.334 e. The zero-order valence-corrected chi connectivity index (χ0v) is 15.9. The number of benzene rings is 1. The summed E-state index contributed by atoms with van der Waals surface area (Å²) in [5, 5.41) is 11.1. The van der Waals surface area contributed by atoms with Crippen molar-refractivity contribution >= 4 is 11.8 Å². The van der Waals surface area contributed by atoms with Crippen LogP contribution >= 0.6 is 0 Å². The highest BCUT2D eigenvalue weighted by Crippen LogP contribution is 2.40. The molecule has 3 aliphatic heterocycles. The predicted molar refractivity (Wildman–Crippen MR) is 101 cm³/mol. The van der Waals surface area contributed by atoms with Crippen molar-refractivity contribution in [2.45, 2.75) is 56.7 Å². The van der Waals surface area contributed by atoms with Gasteiger partial charge in [0.15, 0.2) is 0 Å². The summed E-state index contributed by atoms with van der Waals surface area (Å²) in [5.74, 6) is 0.745. The molecule has 0 N–H and O–H groups in total. The summed E-state index contributed by atoms with van der Waals surface area (Å²) in [6.45, 7) is 3.00. The number of aromatic nitrogens is 4. The maximum absolute atomic E-state index is 13.2. The number of carbonyl (C=O) groups excluding carboxylic acids is 2. The molecule has 1 aromatic heterocycles.